The summed E-state index contributed by atoms with van der Waals surface area (Å²) in [6.07, 6.45) is 6.85. The van der Waals surface area contributed by atoms with Crippen molar-refractivity contribution in [3.05, 3.63) is 30.4 Å². The standard InChI is InChI=1S/C16H20N4O2/c1-2-12(10-17-6-1)15-18-19-16(22-15)13-3-7-20(11-13)14-4-8-21-9-5-14/h1-2,6,10,13-14H,3-5,7-9,11H2/t13-/m0/s1. The fraction of sp³-hybridized carbons (Fsp3) is 0.562. The van der Waals surface area contributed by atoms with Gasteiger partial charge in [0, 0.05) is 38.2 Å². The van der Waals surface area contributed by atoms with E-state index in [1.165, 1.54) is 0 Å². The quantitative estimate of drug-likeness (QED) is 0.865. The van der Waals surface area contributed by atoms with Gasteiger partial charge in [-0.3, -0.25) is 9.88 Å². The largest absolute Gasteiger partial charge is 0.420 e. The van der Waals surface area contributed by atoms with Crippen molar-refractivity contribution >= 4 is 0 Å². The molecule has 0 saturated carbocycles. The Labute approximate surface area is 129 Å². The van der Waals surface area contributed by atoms with Crippen molar-refractivity contribution in [3.63, 3.8) is 0 Å². The van der Waals surface area contributed by atoms with Crippen molar-refractivity contribution in [1.82, 2.24) is 20.1 Å². The molecule has 2 aromatic heterocycles. The van der Waals surface area contributed by atoms with Crippen molar-refractivity contribution in [1.29, 1.82) is 0 Å². The molecule has 0 aromatic carbocycles. The van der Waals surface area contributed by atoms with Gasteiger partial charge >= 0.3 is 0 Å². The smallest absolute Gasteiger partial charge is 0.249 e. The van der Waals surface area contributed by atoms with Gasteiger partial charge in [0.15, 0.2) is 0 Å². The molecular formula is C16H20N4O2. The van der Waals surface area contributed by atoms with E-state index in [2.05, 4.69) is 20.1 Å². The molecule has 116 valence electrons. The van der Waals surface area contributed by atoms with E-state index in [4.69, 9.17) is 9.15 Å². The van der Waals surface area contributed by atoms with Crippen LogP contribution in [0.1, 0.15) is 31.1 Å². The molecule has 2 aliphatic rings. The van der Waals surface area contributed by atoms with E-state index in [1.54, 1.807) is 12.4 Å². The zero-order chi connectivity index (χ0) is 14.8. The van der Waals surface area contributed by atoms with Crippen molar-refractivity contribution < 1.29 is 9.15 Å². The van der Waals surface area contributed by atoms with Crippen LogP contribution in [0.2, 0.25) is 0 Å². The molecule has 22 heavy (non-hydrogen) atoms. The highest BCUT2D eigenvalue weighted by molar-refractivity contribution is 5.50. The van der Waals surface area contributed by atoms with E-state index in [9.17, 15) is 0 Å². The number of ether oxygens (including phenoxy) is 1. The maximum atomic E-state index is 5.88. The summed E-state index contributed by atoms with van der Waals surface area (Å²) in [5, 5.41) is 8.43. The summed E-state index contributed by atoms with van der Waals surface area (Å²) in [4.78, 5) is 6.65. The summed E-state index contributed by atoms with van der Waals surface area (Å²) in [5.74, 6) is 1.67. The topological polar surface area (TPSA) is 64.3 Å². The van der Waals surface area contributed by atoms with Crippen LogP contribution in [0.4, 0.5) is 0 Å². The molecule has 6 heteroatoms. The molecule has 0 N–H and O–H groups in total. The Hall–Kier alpha value is -1.79. The molecule has 2 saturated heterocycles. The molecule has 2 fully saturated rings. The number of likely N-dealkylation sites (tertiary alicyclic amines) is 1. The van der Waals surface area contributed by atoms with Crippen LogP contribution in [-0.2, 0) is 4.74 Å². The normalized spacial score (nSPS) is 23.9. The summed E-state index contributed by atoms with van der Waals surface area (Å²) in [6, 6.07) is 4.47. The minimum absolute atomic E-state index is 0.348. The van der Waals surface area contributed by atoms with Gasteiger partial charge in [-0.05, 0) is 37.9 Å². The van der Waals surface area contributed by atoms with Crippen LogP contribution < -0.4 is 0 Å². The summed E-state index contributed by atoms with van der Waals surface area (Å²) in [6.45, 7) is 3.90. The Bertz CT molecular complexity index is 610. The van der Waals surface area contributed by atoms with Gasteiger partial charge in [0.1, 0.15) is 0 Å². The Morgan fingerprint density at radius 1 is 1.14 bits per heavy atom. The molecule has 0 aliphatic carbocycles. The summed E-state index contributed by atoms with van der Waals surface area (Å²) in [7, 11) is 0. The molecule has 0 bridgehead atoms. The van der Waals surface area contributed by atoms with Gasteiger partial charge in [-0.15, -0.1) is 10.2 Å². The first-order valence-electron chi connectivity index (χ1n) is 7.96. The fourth-order valence-corrected chi connectivity index (χ4v) is 3.38. The van der Waals surface area contributed by atoms with Crippen LogP contribution in [0, 0.1) is 0 Å². The van der Waals surface area contributed by atoms with Crippen LogP contribution in [0.5, 0.6) is 0 Å². The molecule has 6 nitrogen and oxygen atoms in total. The molecule has 1 atom stereocenters. The number of hydrogen-bond acceptors (Lipinski definition) is 6. The van der Waals surface area contributed by atoms with E-state index in [0.717, 1.165) is 57.0 Å². The first-order valence-corrected chi connectivity index (χ1v) is 7.96. The van der Waals surface area contributed by atoms with Crippen LogP contribution in [-0.4, -0.2) is 52.4 Å². The first kappa shape index (κ1) is 13.8. The third-order valence-electron chi connectivity index (χ3n) is 4.63. The highest BCUT2D eigenvalue weighted by Crippen LogP contribution is 2.31. The second kappa shape index (κ2) is 6.14. The van der Waals surface area contributed by atoms with E-state index in [-0.39, 0.29) is 0 Å². The molecule has 4 rings (SSSR count). The predicted octanol–water partition coefficient (Wildman–Crippen LogP) is 2.10. The lowest BCUT2D eigenvalue weighted by atomic mass is 10.1. The maximum Gasteiger partial charge on any atom is 0.249 e. The van der Waals surface area contributed by atoms with Crippen molar-refractivity contribution in [2.75, 3.05) is 26.3 Å². The lowest BCUT2D eigenvalue weighted by Crippen LogP contribution is -2.37. The van der Waals surface area contributed by atoms with Gasteiger partial charge in [-0.25, -0.2) is 0 Å². The third kappa shape index (κ3) is 2.76. The lowest BCUT2D eigenvalue weighted by Gasteiger charge is -2.30. The second-order valence-electron chi connectivity index (χ2n) is 6.01. The van der Waals surface area contributed by atoms with Crippen molar-refractivity contribution in [3.8, 4) is 11.5 Å². The summed E-state index contributed by atoms with van der Waals surface area (Å²) < 4.78 is 11.3. The number of pyridine rings is 1. The molecule has 2 aliphatic heterocycles. The molecule has 0 radical (unpaired) electrons. The van der Waals surface area contributed by atoms with Gasteiger partial charge in [0.05, 0.1) is 11.5 Å². The lowest BCUT2D eigenvalue weighted by molar-refractivity contribution is 0.0417. The second-order valence-corrected chi connectivity index (χ2v) is 6.01. The molecule has 0 unspecified atom stereocenters. The number of hydrogen-bond donors (Lipinski definition) is 0. The summed E-state index contributed by atoms with van der Waals surface area (Å²) in [5.41, 5.74) is 0.875. The molecular weight excluding hydrogens is 280 g/mol. The van der Waals surface area contributed by atoms with E-state index in [1.807, 2.05) is 12.1 Å². The average Bonchev–Trinajstić information content (AvgIpc) is 3.26. The SMILES string of the molecule is c1cncc(-c2nnc([C@H]3CCN(C4CCOCC4)C3)o2)c1. The molecule has 0 spiro atoms. The van der Waals surface area contributed by atoms with E-state index < -0.39 is 0 Å². The summed E-state index contributed by atoms with van der Waals surface area (Å²) >= 11 is 0. The van der Waals surface area contributed by atoms with Gasteiger partial charge in [-0.1, -0.05) is 0 Å². The van der Waals surface area contributed by atoms with Gasteiger partial charge < -0.3 is 9.15 Å². The maximum absolute atomic E-state index is 5.88. The first-order chi connectivity index (χ1) is 10.9. The Morgan fingerprint density at radius 2 is 2.05 bits per heavy atom. The predicted molar refractivity (Wildman–Crippen MR) is 80.3 cm³/mol. The van der Waals surface area contributed by atoms with Crippen molar-refractivity contribution in [2.45, 2.75) is 31.2 Å². The highest BCUT2D eigenvalue weighted by atomic mass is 16.5. The molecule has 2 aromatic rings. The van der Waals surface area contributed by atoms with Gasteiger partial charge in [0.25, 0.3) is 0 Å². The average molecular weight is 300 g/mol. The third-order valence-corrected chi connectivity index (χ3v) is 4.63. The fourth-order valence-electron chi connectivity index (χ4n) is 3.38. The van der Waals surface area contributed by atoms with Crippen molar-refractivity contribution in [2.24, 2.45) is 0 Å². The zero-order valence-electron chi connectivity index (χ0n) is 12.5. The molecule has 4 heterocycles. The highest BCUT2D eigenvalue weighted by Gasteiger charge is 2.32. The van der Waals surface area contributed by atoms with Crippen LogP contribution in [0.3, 0.4) is 0 Å². The van der Waals surface area contributed by atoms with Crippen LogP contribution >= 0.6 is 0 Å². The molecule has 0 amide bonds. The van der Waals surface area contributed by atoms with E-state index in [0.29, 0.717) is 17.9 Å². The Balaban J connectivity index is 1.44. The van der Waals surface area contributed by atoms with E-state index >= 15 is 0 Å². The van der Waals surface area contributed by atoms with Gasteiger partial charge in [-0.2, -0.15) is 0 Å². The zero-order valence-corrected chi connectivity index (χ0v) is 12.5. The van der Waals surface area contributed by atoms with Crippen LogP contribution in [0.15, 0.2) is 28.9 Å². The minimum Gasteiger partial charge on any atom is -0.420 e. The van der Waals surface area contributed by atoms with Crippen LogP contribution in [0.25, 0.3) is 11.5 Å². The minimum atomic E-state index is 0.348. The van der Waals surface area contributed by atoms with Gasteiger partial charge in [0.2, 0.25) is 11.8 Å². The Kier molecular flexibility index (Phi) is 3.86. The Morgan fingerprint density at radius 3 is 2.86 bits per heavy atom. The monoisotopic (exact) mass is 300 g/mol. The number of rotatable bonds is 3. The number of nitrogens with zero attached hydrogens (tertiary/aromatic N) is 4. The number of aromatic nitrogens is 3.